The van der Waals surface area contributed by atoms with Gasteiger partial charge in [0.1, 0.15) is 11.4 Å². The summed E-state index contributed by atoms with van der Waals surface area (Å²) in [5, 5.41) is 11.4. The number of alkyl halides is 3. The van der Waals surface area contributed by atoms with Crippen LogP contribution in [0.25, 0.3) is 0 Å². The molecule has 1 saturated heterocycles. The van der Waals surface area contributed by atoms with E-state index in [2.05, 4.69) is 9.64 Å². The number of hydrogen-bond donors (Lipinski definition) is 0. The predicted molar refractivity (Wildman–Crippen MR) is 112 cm³/mol. The van der Waals surface area contributed by atoms with Gasteiger partial charge in [-0.05, 0) is 29.8 Å². The highest BCUT2D eigenvalue weighted by Gasteiger charge is 2.31. The van der Waals surface area contributed by atoms with E-state index < -0.39 is 11.3 Å². The summed E-state index contributed by atoms with van der Waals surface area (Å²) in [4.78, 5) is 29.0. The number of nitro benzene ring substituents is 1. The maximum absolute atomic E-state index is 12.8. The lowest BCUT2D eigenvalue weighted by atomic mass is 10.1. The van der Waals surface area contributed by atoms with Gasteiger partial charge in [0.25, 0.3) is 11.6 Å². The van der Waals surface area contributed by atoms with Crippen LogP contribution in [0, 0.1) is 10.1 Å². The number of nitro groups is 1. The van der Waals surface area contributed by atoms with Gasteiger partial charge in [-0.2, -0.15) is 0 Å². The molecule has 2 aromatic carbocycles. The van der Waals surface area contributed by atoms with Crippen LogP contribution in [0.3, 0.4) is 0 Å². The van der Waals surface area contributed by atoms with E-state index in [0.717, 1.165) is 5.56 Å². The predicted octanol–water partition coefficient (Wildman–Crippen LogP) is 3.52. The van der Waals surface area contributed by atoms with E-state index in [4.69, 9.17) is 0 Å². The number of ether oxygens (including phenoxy) is 1. The van der Waals surface area contributed by atoms with Crippen molar-refractivity contribution in [3.05, 3.63) is 63.7 Å². The van der Waals surface area contributed by atoms with Crippen LogP contribution in [0.1, 0.15) is 15.9 Å². The van der Waals surface area contributed by atoms with Crippen molar-refractivity contribution in [2.45, 2.75) is 12.9 Å². The average molecular weight is 452 g/mol. The molecule has 0 radical (unpaired) electrons. The van der Waals surface area contributed by atoms with Crippen LogP contribution in [0.4, 0.5) is 24.5 Å². The van der Waals surface area contributed by atoms with Gasteiger partial charge < -0.3 is 14.5 Å². The molecule has 32 heavy (non-hydrogen) atoms. The van der Waals surface area contributed by atoms with Gasteiger partial charge in [-0.15, -0.1) is 13.2 Å². The van der Waals surface area contributed by atoms with Crippen LogP contribution in [0.15, 0.2) is 42.5 Å². The lowest BCUT2D eigenvalue weighted by Gasteiger charge is -2.34. The van der Waals surface area contributed by atoms with Gasteiger partial charge in [0.15, 0.2) is 0 Å². The van der Waals surface area contributed by atoms with Crippen LogP contribution < -0.4 is 9.64 Å². The molecule has 0 aliphatic carbocycles. The van der Waals surface area contributed by atoms with E-state index in [-0.39, 0.29) is 22.9 Å². The van der Waals surface area contributed by atoms with E-state index in [1.54, 1.807) is 48.2 Å². The number of benzene rings is 2. The zero-order chi connectivity index (χ0) is 23.5. The van der Waals surface area contributed by atoms with Crippen molar-refractivity contribution < 1.29 is 27.6 Å². The van der Waals surface area contributed by atoms with Gasteiger partial charge in [0.2, 0.25) is 0 Å². The summed E-state index contributed by atoms with van der Waals surface area (Å²) in [6.07, 6.45) is -4.72. The number of anilines is 1. The summed E-state index contributed by atoms with van der Waals surface area (Å²) in [6.45, 7) is 2.56. The third-order valence-electron chi connectivity index (χ3n) is 5.12. The van der Waals surface area contributed by atoms with Crippen molar-refractivity contribution in [1.82, 2.24) is 9.80 Å². The number of piperazine rings is 1. The highest BCUT2D eigenvalue weighted by atomic mass is 19.4. The highest BCUT2D eigenvalue weighted by Crippen LogP contribution is 2.28. The maximum atomic E-state index is 12.8. The molecule has 0 unspecified atom stereocenters. The normalized spacial score (nSPS) is 14.8. The monoisotopic (exact) mass is 452 g/mol. The van der Waals surface area contributed by atoms with Crippen LogP contribution >= 0.6 is 0 Å². The van der Waals surface area contributed by atoms with Crippen molar-refractivity contribution in [1.29, 1.82) is 0 Å². The van der Waals surface area contributed by atoms with E-state index in [9.17, 15) is 28.1 Å². The molecule has 0 aromatic heterocycles. The fraction of sp³-hybridized carbons (Fsp3) is 0.381. The van der Waals surface area contributed by atoms with Crippen molar-refractivity contribution in [2.24, 2.45) is 0 Å². The molecule has 1 aliphatic rings. The summed E-state index contributed by atoms with van der Waals surface area (Å²) in [6, 6.07) is 10.1. The van der Waals surface area contributed by atoms with E-state index in [0.29, 0.717) is 38.4 Å². The molecule has 0 bridgehead atoms. The lowest BCUT2D eigenvalue weighted by molar-refractivity contribution is -0.384. The fourth-order valence-electron chi connectivity index (χ4n) is 3.53. The van der Waals surface area contributed by atoms with Crippen LogP contribution in [0.2, 0.25) is 0 Å². The molecule has 1 aliphatic heterocycles. The van der Waals surface area contributed by atoms with Crippen molar-refractivity contribution in [3.63, 3.8) is 0 Å². The molecule has 0 spiro atoms. The molecule has 2 aromatic rings. The zero-order valence-electron chi connectivity index (χ0n) is 17.6. The van der Waals surface area contributed by atoms with Crippen LogP contribution in [-0.4, -0.2) is 67.3 Å². The Hall–Kier alpha value is -3.34. The Morgan fingerprint density at radius 1 is 1.09 bits per heavy atom. The summed E-state index contributed by atoms with van der Waals surface area (Å²) >= 11 is 0. The standard InChI is InChI=1S/C21H23F3N4O4/c1-25(2)18-8-5-16(13-19(18)28(30)31)20(29)27-11-9-26(10-12-27)14-15-3-6-17(7-4-15)32-21(22,23)24/h3-8,13H,9-12,14H2,1-2H3. The topological polar surface area (TPSA) is 79.2 Å². The van der Waals surface area contributed by atoms with Gasteiger partial charge in [-0.3, -0.25) is 19.8 Å². The molecule has 1 heterocycles. The number of rotatable bonds is 6. The maximum Gasteiger partial charge on any atom is 0.573 e. The largest absolute Gasteiger partial charge is 0.573 e. The van der Waals surface area contributed by atoms with Crippen molar-refractivity contribution in [2.75, 3.05) is 45.2 Å². The number of amides is 1. The van der Waals surface area contributed by atoms with E-state index in [1.807, 2.05) is 0 Å². The molecule has 0 N–H and O–H groups in total. The first kappa shape index (κ1) is 23.3. The second-order valence-electron chi connectivity index (χ2n) is 7.62. The molecule has 172 valence electrons. The Kier molecular flexibility index (Phi) is 6.87. The first-order chi connectivity index (χ1) is 15.0. The molecule has 11 heteroatoms. The Balaban J connectivity index is 1.58. The Bertz CT molecular complexity index is 972. The van der Waals surface area contributed by atoms with Gasteiger partial charge in [0, 0.05) is 58.4 Å². The molecule has 1 fully saturated rings. The minimum Gasteiger partial charge on any atom is -0.406 e. The summed E-state index contributed by atoms with van der Waals surface area (Å²) in [7, 11) is 3.39. The minimum absolute atomic E-state index is 0.127. The van der Waals surface area contributed by atoms with E-state index in [1.165, 1.54) is 18.2 Å². The smallest absolute Gasteiger partial charge is 0.406 e. The second-order valence-corrected chi connectivity index (χ2v) is 7.62. The second kappa shape index (κ2) is 9.43. The van der Waals surface area contributed by atoms with E-state index >= 15 is 0 Å². The summed E-state index contributed by atoms with van der Waals surface area (Å²) in [5.74, 6) is -0.544. The quantitative estimate of drug-likeness (QED) is 0.493. The highest BCUT2D eigenvalue weighted by molar-refractivity contribution is 5.95. The number of hydrogen-bond acceptors (Lipinski definition) is 6. The average Bonchev–Trinajstić information content (AvgIpc) is 2.73. The minimum atomic E-state index is -4.72. The number of carbonyl (C=O) groups is 1. The molecule has 3 rings (SSSR count). The Labute approximate surface area is 182 Å². The first-order valence-electron chi connectivity index (χ1n) is 9.85. The lowest BCUT2D eigenvalue weighted by Crippen LogP contribution is -2.48. The van der Waals surface area contributed by atoms with Crippen molar-refractivity contribution >= 4 is 17.3 Å². The number of carbonyl (C=O) groups excluding carboxylic acids is 1. The third kappa shape index (κ3) is 5.88. The fourth-order valence-corrected chi connectivity index (χ4v) is 3.53. The van der Waals surface area contributed by atoms with Gasteiger partial charge in [0.05, 0.1) is 4.92 Å². The third-order valence-corrected chi connectivity index (χ3v) is 5.12. The van der Waals surface area contributed by atoms with Crippen molar-refractivity contribution in [3.8, 4) is 5.75 Å². The Morgan fingerprint density at radius 2 is 1.72 bits per heavy atom. The zero-order valence-corrected chi connectivity index (χ0v) is 17.6. The number of nitrogens with zero attached hydrogens (tertiary/aromatic N) is 4. The van der Waals surface area contributed by atoms with Crippen LogP contribution in [-0.2, 0) is 6.54 Å². The molecule has 8 nitrogen and oxygen atoms in total. The van der Waals surface area contributed by atoms with Crippen LogP contribution in [0.5, 0.6) is 5.75 Å². The van der Waals surface area contributed by atoms with Gasteiger partial charge in [-0.25, -0.2) is 0 Å². The van der Waals surface area contributed by atoms with Gasteiger partial charge >= 0.3 is 6.36 Å². The van der Waals surface area contributed by atoms with Gasteiger partial charge in [-0.1, -0.05) is 12.1 Å². The SMILES string of the molecule is CN(C)c1ccc(C(=O)N2CCN(Cc3ccc(OC(F)(F)F)cc3)CC2)cc1[N+](=O)[O-]. The molecule has 0 saturated carbocycles. The number of halogens is 3. The first-order valence-corrected chi connectivity index (χ1v) is 9.85. The molecule has 1 amide bonds. The molecular formula is C21H23F3N4O4. The summed E-state index contributed by atoms with van der Waals surface area (Å²) < 4.78 is 40.6. The molecular weight excluding hydrogens is 429 g/mol. The Morgan fingerprint density at radius 3 is 2.25 bits per heavy atom. The molecule has 0 atom stereocenters. The summed E-state index contributed by atoms with van der Waals surface area (Å²) in [5.41, 5.74) is 1.38.